The van der Waals surface area contributed by atoms with Gasteiger partial charge in [-0.2, -0.15) is 0 Å². The van der Waals surface area contributed by atoms with Crippen LogP contribution in [0.15, 0.2) is 12.7 Å². The van der Waals surface area contributed by atoms with Gasteiger partial charge in [0, 0.05) is 11.8 Å². The normalized spacial score (nSPS) is 30.1. The van der Waals surface area contributed by atoms with Gasteiger partial charge < -0.3 is 25.3 Å². The van der Waals surface area contributed by atoms with Crippen molar-refractivity contribution >= 4 is 17.0 Å². The van der Waals surface area contributed by atoms with Gasteiger partial charge >= 0.3 is 0 Å². The molecule has 2 fully saturated rings. The number of hydrogen-bond acceptors (Lipinski definition) is 8. The molecule has 6 N–H and O–H groups in total. The number of imidazole rings is 1. The number of fused-ring (bicyclic) bond motifs is 1. The van der Waals surface area contributed by atoms with E-state index in [2.05, 4.69) is 32.2 Å². The minimum Gasteiger partial charge on any atom is -0.390 e. The maximum Gasteiger partial charge on any atom is 0.171 e. The van der Waals surface area contributed by atoms with E-state index in [9.17, 15) is 15.3 Å². The van der Waals surface area contributed by atoms with Crippen LogP contribution in [0.25, 0.3) is 11.2 Å². The summed E-state index contributed by atoms with van der Waals surface area (Å²) in [5, 5.41) is 31.2. The summed E-state index contributed by atoms with van der Waals surface area (Å²) in [5.41, 5.74) is 3.43. The number of nitrogens with one attached hydrogen (secondary N) is 1. The van der Waals surface area contributed by atoms with Gasteiger partial charge in [-0.1, -0.05) is 11.8 Å². The summed E-state index contributed by atoms with van der Waals surface area (Å²) in [6.45, 7) is 0. The van der Waals surface area contributed by atoms with Crippen molar-refractivity contribution in [3.05, 3.63) is 12.7 Å². The number of hydrogen-bond donors (Lipinski definition) is 5. The van der Waals surface area contributed by atoms with Crippen LogP contribution in [0.4, 0.5) is 5.82 Å². The number of nitrogen functional groups attached to an aromatic ring is 1. The molecule has 2 aliphatic rings. The topological polar surface area (TPSA) is 142 Å². The van der Waals surface area contributed by atoms with Crippen LogP contribution in [0.2, 0.25) is 0 Å². The first-order valence-electron chi connectivity index (χ1n) is 8.29. The third-order valence-corrected chi connectivity index (χ3v) is 4.97. The van der Waals surface area contributed by atoms with Gasteiger partial charge in [0.15, 0.2) is 17.0 Å². The largest absolute Gasteiger partial charge is 0.390 e. The van der Waals surface area contributed by atoms with E-state index in [0.717, 1.165) is 12.8 Å². The predicted octanol–water partition coefficient (Wildman–Crippen LogP) is -0.831. The first kappa shape index (κ1) is 16.2. The molecule has 25 heavy (non-hydrogen) atoms. The molecule has 0 unspecified atom stereocenters. The van der Waals surface area contributed by atoms with E-state index in [1.54, 1.807) is 4.57 Å². The highest BCUT2D eigenvalue weighted by molar-refractivity contribution is 5.82. The Morgan fingerprint density at radius 2 is 2.04 bits per heavy atom. The second kappa shape index (κ2) is 6.24. The Morgan fingerprint density at radius 1 is 1.24 bits per heavy atom. The average molecular weight is 344 g/mol. The first-order valence-corrected chi connectivity index (χ1v) is 8.29. The van der Waals surface area contributed by atoms with Crippen LogP contribution in [0.5, 0.6) is 0 Å². The lowest BCUT2D eigenvalue weighted by Gasteiger charge is -2.18. The molecule has 0 amide bonds. The molecule has 2 heterocycles. The molecule has 0 radical (unpaired) electrons. The number of hydrazine groups is 1. The van der Waals surface area contributed by atoms with Crippen LogP contribution in [0.3, 0.4) is 0 Å². The van der Waals surface area contributed by atoms with Crippen LogP contribution in [0, 0.1) is 23.7 Å². The van der Waals surface area contributed by atoms with E-state index in [4.69, 9.17) is 5.84 Å². The number of nitrogens with two attached hydrogens (primary N) is 1. The number of aliphatic hydroxyl groups is 3. The smallest absolute Gasteiger partial charge is 0.171 e. The molecule has 0 aromatic carbocycles. The second-order valence-corrected chi connectivity index (χ2v) is 6.65. The summed E-state index contributed by atoms with van der Waals surface area (Å²) in [6.07, 6.45) is 2.29. The lowest BCUT2D eigenvalue weighted by Crippen LogP contribution is -2.33. The molecule has 2 saturated carbocycles. The highest BCUT2D eigenvalue weighted by atomic mass is 16.3. The minimum atomic E-state index is -1.07. The minimum absolute atomic E-state index is 0.365. The molecule has 2 aromatic rings. The van der Waals surface area contributed by atoms with E-state index in [-0.39, 0.29) is 0 Å². The molecule has 9 heteroatoms. The SMILES string of the molecule is NNc1ncnc2c1ncn2[C@@H]1C[C@H]([C@H](O)C#CC2CC2)[C@@H](O)[C@H]1O. The van der Waals surface area contributed by atoms with E-state index >= 15 is 0 Å². The Kier molecular flexibility index (Phi) is 4.05. The Balaban J connectivity index is 1.62. The standard InChI is InChI=1S/C16H20N6O3/c17-21-15-12-16(19-6-18-15)22(7-20-12)10-5-9(13(24)14(10)25)11(23)4-3-8-1-2-8/h6-11,13-14,23-25H,1-2,5,17H2,(H,18,19,21)/t9-,10-,11-,13-,14+/m1/s1. The van der Waals surface area contributed by atoms with Crippen molar-refractivity contribution in [2.75, 3.05) is 5.43 Å². The van der Waals surface area contributed by atoms with Crippen molar-refractivity contribution in [3.8, 4) is 11.8 Å². The summed E-state index contributed by atoms with van der Waals surface area (Å²) in [5.74, 6) is 11.5. The fourth-order valence-electron chi connectivity index (χ4n) is 3.37. The van der Waals surface area contributed by atoms with Crippen molar-refractivity contribution in [2.24, 2.45) is 17.7 Å². The van der Waals surface area contributed by atoms with Crippen LogP contribution in [-0.4, -0.2) is 53.2 Å². The number of anilines is 1. The molecule has 5 atom stereocenters. The van der Waals surface area contributed by atoms with Crippen molar-refractivity contribution in [2.45, 2.75) is 43.6 Å². The van der Waals surface area contributed by atoms with E-state index in [1.807, 2.05) is 0 Å². The van der Waals surface area contributed by atoms with Gasteiger partial charge in [-0.05, 0) is 19.3 Å². The fraction of sp³-hybridized carbons (Fsp3) is 0.562. The molecular weight excluding hydrogens is 324 g/mol. The van der Waals surface area contributed by atoms with Crippen LogP contribution in [-0.2, 0) is 0 Å². The lowest BCUT2D eigenvalue weighted by molar-refractivity contribution is -0.0138. The Bertz CT molecular complexity index is 839. The maximum absolute atomic E-state index is 10.5. The third kappa shape index (κ3) is 2.83. The van der Waals surface area contributed by atoms with Crippen molar-refractivity contribution < 1.29 is 15.3 Å². The summed E-state index contributed by atoms with van der Waals surface area (Å²) in [7, 11) is 0. The number of aliphatic hydroxyl groups excluding tert-OH is 3. The molecule has 0 bridgehead atoms. The zero-order chi connectivity index (χ0) is 17.6. The van der Waals surface area contributed by atoms with E-state index in [0.29, 0.717) is 29.3 Å². The van der Waals surface area contributed by atoms with Gasteiger partial charge in [0.2, 0.25) is 0 Å². The number of nitrogens with zero attached hydrogens (tertiary/aromatic N) is 4. The highest BCUT2D eigenvalue weighted by Crippen LogP contribution is 2.39. The molecule has 4 rings (SSSR count). The summed E-state index contributed by atoms with van der Waals surface area (Å²) >= 11 is 0. The van der Waals surface area contributed by atoms with Gasteiger partial charge in [-0.3, -0.25) is 0 Å². The monoisotopic (exact) mass is 344 g/mol. The first-order chi connectivity index (χ1) is 12.1. The molecule has 0 spiro atoms. The Labute approximate surface area is 143 Å². The Morgan fingerprint density at radius 3 is 2.76 bits per heavy atom. The third-order valence-electron chi connectivity index (χ3n) is 4.97. The summed E-state index contributed by atoms with van der Waals surface area (Å²) in [4.78, 5) is 12.4. The summed E-state index contributed by atoms with van der Waals surface area (Å²) < 4.78 is 1.69. The van der Waals surface area contributed by atoms with E-state index < -0.39 is 30.3 Å². The molecule has 132 valence electrons. The van der Waals surface area contributed by atoms with Gasteiger partial charge in [0.05, 0.1) is 18.5 Å². The maximum atomic E-state index is 10.5. The van der Waals surface area contributed by atoms with Crippen LogP contribution in [0.1, 0.15) is 25.3 Å². The van der Waals surface area contributed by atoms with Crippen molar-refractivity contribution in [3.63, 3.8) is 0 Å². The number of aromatic nitrogens is 4. The van der Waals surface area contributed by atoms with Gasteiger partial charge in [0.1, 0.15) is 18.5 Å². The molecule has 0 saturated heterocycles. The van der Waals surface area contributed by atoms with Crippen LogP contribution >= 0.6 is 0 Å². The van der Waals surface area contributed by atoms with Crippen LogP contribution < -0.4 is 11.3 Å². The summed E-state index contributed by atoms with van der Waals surface area (Å²) in [6, 6.07) is -0.470. The molecule has 0 aliphatic heterocycles. The highest BCUT2D eigenvalue weighted by Gasteiger charge is 2.45. The number of rotatable bonds is 3. The van der Waals surface area contributed by atoms with Crippen molar-refractivity contribution in [1.82, 2.24) is 19.5 Å². The fourth-order valence-corrected chi connectivity index (χ4v) is 3.37. The average Bonchev–Trinajstić information content (AvgIpc) is 3.29. The molecule has 2 aliphatic carbocycles. The molecular formula is C16H20N6O3. The van der Waals surface area contributed by atoms with Crippen molar-refractivity contribution in [1.29, 1.82) is 0 Å². The Hall–Kier alpha value is -2.25. The van der Waals surface area contributed by atoms with Gasteiger partial charge in [0.25, 0.3) is 0 Å². The zero-order valence-electron chi connectivity index (χ0n) is 13.4. The van der Waals surface area contributed by atoms with E-state index in [1.165, 1.54) is 12.7 Å². The quantitative estimate of drug-likeness (QED) is 0.276. The van der Waals surface area contributed by atoms with Gasteiger partial charge in [-0.15, -0.1) is 0 Å². The molecule has 2 aromatic heterocycles. The zero-order valence-corrected chi connectivity index (χ0v) is 13.4. The van der Waals surface area contributed by atoms with Gasteiger partial charge in [-0.25, -0.2) is 20.8 Å². The lowest BCUT2D eigenvalue weighted by atomic mass is 9.98. The molecule has 9 nitrogen and oxygen atoms in total. The predicted molar refractivity (Wildman–Crippen MR) is 88.8 cm³/mol. The second-order valence-electron chi connectivity index (χ2n) is 6.65.